The van der Waals surface area contributed by atoms with Gasteiger partial charge in [-0.15, -0.1) is 0 Å². The second kappa shape index (κ2) is 16.2. The fraction of sp³-hybridized carbons (Fsp3) is 0.429. The largest absolute Gasteiger partial charge is 0.490 e. The van der Waals surface area contributed by atoms with Crippen LogP contribution >= 0.6 is 0 Å². The monoisotopic (exact) mass is 651 g/mol. The number of hydrogen-bond acceptors (Lipinski definition) is 7. The van der Waals surface area contributed by atoms with Gasteiger partial charge in [-0.3, -0.25) is 9.59 Å². The molecule has 11 heteroatoms. The standard InChI is InChI=1S/C35H45N3O7S/c1-25-22-38(26(2)24-39)35(41)31-21-29(36-34(40)28-14-7-5-8-15-28)18-19-32(31)45-27(3)13-11-12-20-44-33(25)23-37(4)46(42,43)30-16-9-6-10-17-30/h5-10,14-19,21,25-27,33,39H,11-13,20,22-24H2,1-4H3,(H,36,40)/t25-,26-,27+,33+/m0/s1. The van der Waals surface area contributed by atoms with E-state index in [9.17, 15) is 23.1 Å². The molecule has 1 heterocycles. The van der Waals surface area contributed by atoms with Crippen molar-refractivity contribution in [2.24, 2.45) is 5.92 Å². The number of aliphatic hydroxyl groups is 1. The Morgan fingerprint density at radius 1 is 1.04 bits per heavy atom. The molecule has 0 saturated heterocycles. The Kier molecular flexibility index (Phi) is 12.3. The minimum atomic E-state index is -3.77. The van der Waals surface area contributed by atoms with E-state index in [1.807, 2.05) is 19.9 Å². The first-order valence-corrected chi connectivity index (χ1v) is 17.2. The molecule has 46 heavy (non-hydrogen) atoms. The number of nitrogens with zero attached hydrogens (tertiary/aromatic N) is 2. The molecule has 0 fully saturated rings. The van der Waals surface area contributed by atoms with Crippen LogP contribution in [0.5, 0.6) is 5.75 Å². The van der Waals surface area contributed by atoms with Crippen molar-refractivity contribution in [3.05, 3.63) is 90.0 Å². The van der Waals surface area contributed by atoms with Gasteiger partial charge in [0, 0.05) is 43.9 Å². The Morgan fingerprint density at radius 2 is 1.72 bits per heavy atom. The van der Waals surface area contributed by atoms with Crippen molar-refractivity contribution in [2.75, 3.05) is 38.7 Å². The quantitative estimate of drug-likeness (QED) is 0.349. The number of aliphatic hydroxyl groups excluding tert-OH is 1. The van der Waals surface area contributed by atoms with E-state index in [0.29, 0.717) is 30.0 Å². The highest BCUT2D eigenvalue weighted by Crippen LogP contribution is 2.29. The molecule has 0 bridgehead atoms. The number of nitrogens with one attached hydrogen (secondary N) is 1. The Hall–Kier alpha value is -3.77. The van der Waals surface area contributed by atoms with Crippen molar-refractivity contribution in [2.45, 2.75) is 63.2 Å². The number of likely N-dealkylation sites (N-methyl/N-ethyl adjacent to an activating group) is 1. The van der Waals surface area contributed by atoms with Crippen LogP contribution in [0.1, 0.15) is 60.7 Å². The molecule has 0 spiro atoms. The molecule has 0 radical (unpaired) electrons. The average molecular weight is 652 g/mol. The molecule has 0 unspecified atom stereocenters. The first-order chi connectivity index (χ1) is 22.0. The summed E-state index contributed by atoms with van der Waals surface area (Å²) in [7, 11) is -2.24. The molecule has 3 aromatic carbocycles. The van der Waals surface area contributed by atoms with E-state index in [0.717, 1.165) is 12.8 Å². The molecule has 0 aromatic heterocycles. The molecule has 248 valence electrons. The van der Waals surface area contributed by atoms with Gasteiger partial charge in [0.1, 0.15) is 5.75 Å². The number of amides is 2. The molecule has 1 aliphatic rings. The van der Waals surface area contributed by atoms with E-state index in [1.54, 1.807) is 84.6 Å². The van der Waals surface area contributed by atoms with Crippen molar-refractivity contribution in [1.29, 1.82) is 0 Å². The topological polar surface area (TPSA) is 125 Å². The molecule has 0 saturated carbocycles. The zero-order valence-electron chi connectivity index (χ0n) is 27.0. The highest BCUT2D eigenvalue weighted by molar-refractivity contribution is 7.89. The molecular formula is C35H45N3O7S. The van der Waals surface area contributed by atoms with Gasteiger partial charge in [0.15, 0.2) is 0 Å². The third kappa shape index (κ3) is 8.94. The van der Waals surface area contributed by atoms with Crippen LogP contribution in [0.25, 0.3) is 0 Å². The van der Waals surface area contributed by atoms with E-state index in [-0.39, 0.29) is 54.0 Å². The lowest BCUT2D eigenvalue weighted by molar-refractivity contribution is -0.00834. The molecule has 10 nitrogen and oxygen atoms in total. The summed E-state index contributed by atoms with van der Waals surface area (Å²) in [5.74, 6) is -0.616. The second-order valence-corrected chi connectivity index (χ2v) is 14.0. The smallest absolute Gasteiger partial charge is 0.258 e. The van der Waals surface area contributed by atoms with Crippen LogP contribution in [0, 0.1) is 5.92 Å². The minimum absolute atomic E-state index is 0.0830. The third-order valence-corrected chi connectivity index (χ3v) is 10.1. The number of rotatable bonds is 8. The zero-order chi connectivity index (χ0) is 33.3. The number of carbonyl (C=O) groups excluding carboxylic acids is 2. The van der Waals surface area contributed by atoms with E-state index < -0.39 is 22.2 Å². The number of ether oxygens (including phenoxy) is 2. The van der Waals surface area contributed by atoms with Gasteiger partial charge < -0.3 is 24.8 Å². The molecule has 4 rings (SSSR count). The number of anilines is 1. The molecule has 0 aliphatic carbocycles. The Balaban J connectivity index is 1.65. The van der Waals surface area contributed by atoms with Gasteiger partial charge >= 0.3 is 0 Å². The fourth-order valence-electron chi connectivity index (χ4n) is 5.38. The molecule has 2 amide bonds. The van der Waals surface area contributed by atoms with Gasteiger partial charge in [-0.05, 0) is 75.6 Å². The van der Waals surface area contributed by atoms with Crippen molar-refractivity contribution in [1.82, 2.24) is 9.21 Å². The molecule has 4 atom stereocenters. The maximum absolute atomic E-state index is 14.3. The predicted molar refractivity (Wildman–Crippen MR) is 178 cm³/mol. The van der Waals surface area contributed by atoms with Crippen LogP contribution < -0.4 is 10.1 Å². The second-order valence-electron chi connectivity index (χ2n) is 11.9. The van der Waals surface area contributed by atoms with Crippen LogP contribution in [0.15, 0.2) is 83.8 Å². The van der Waals surface area contributed by atoms with Crippen molar-refractivity contribution in [3.63, 3.8) is 0 Å². The summed E-state index contributed by atoms with van der Waals surface area (Å²) in [6.45, 7) is 6.00. The number of sulfonamides is 1. The number of fused-ring (bicyclic) bond motifs is 1. The zero-order valence-corrected chi connectivity index (χ0v) is 27.8. The van der Waals surface area contributed by atoms with Crippen molar-refractivity contribution in [3.8, 4) is 5.75 Å². The molecule has 2 N–H and O–H groups in total. The summed E-state index contributed by atoms with van der Waals surface area (Å²) in [6, 6.07) is 21.5. The summed E-state index contributed by atoms with van der Waals surface area (Å²) >= 11 is 0. The van der Waals surface area contributed by atoms with Crippen LogP contribution in [0.4, 0.5) is 5.69 Å². The van der Waals surface area contributed by atoms with E-state index in [1.165, 1.54) is 11.4 Å². The molecular weight excluding hydrogens is 606 g/mol. The lowest BCUT2D eigenvalue weighted by atomic mass is 10.0. The number of hydrogen-bond donors (Lipinski definition) is 2. The SMILES string of the molecule is C[C@@H]1CCCCO[C@H](CN(C)S(=O)(=O)c2ccccc2)[C@@H](C)CN([C@@H](C)CO)C(=O)c2cc(NC(=O)c3ccccc3)ccc2O1. The molecule has 1 aliphatic heterocycles. The summed E-state index contributed by atoms with van der Waals surface area (Å²) in [5.41, 5.74) is 1.16. The Morgan fingerprint density at radius 3 is 2.39 bits per heavy atom. The number of benzene rings is 3. The summed E-state index contributed by atoms with van der Waals surface area (Å²) in [5, 5.41) is 13.1. The van der Waals surface area contributed by atoms with Gasteiger partial charge in [-0.2, -0.15) is 4.31 Å². The van der Waals surface area contributed by atoms with Crippen LogP contribution in [-0.4, -0.2) is 86.1 Å². The minimum Gasteiger partial charge on any atom is -0.490 e. The van der Waals surface area contributed by atoms with E-state index in [4.69, 9.17) is 9.47 Å². The Labute approximate surface area is 272 Å². The lowest BCUT2D eigenvalue weighted by Gasteiger charge is -2.35. The van der Waals surface area contributed by atoms with Gasteiger partial charge in [-0.25, -0.2) is 8.42 Å². The first kappa shape index (κ1) is 35.1. The summed E-state index contributed by atoms with van der Waals surface area (Å²) in [4.78, 5) is 29.0. The lowest BCUT2D eigenvalue weighted by Crippen LogP contribution is -2.48. The maximum Gasteiger partial charge on any atom is 0.258 e. The van der Waals surface area contributed by atoms with Gasteiger partial charge in [0.2, 0.25) is 10.0 Å². The van der Waals surface area contributed by atoms with E-state index in [2.05, 4.69) is 5.32 Å². The fourth-order valence-corrected chi connectivity index (χ4v) is 6.58. The maximum atomic E-state index is 14.3. The van der Waals surface area contributed by atoms with Crippen LogP contribution in [-0.2, 0) is 14.8 Å². The van der Waals surface area contributed by atoms with Crippen molar-refractivity contribution >= 4 is 27.5 Å². The van der Waals surface area contributed by atoms with E-state index >= 15 is 0 Å². The third-order valence-electron chi connectivity index (χ3n) is 8.23. The summed E-state index contributed by atoms with van der Waals surface area (Å²) < 4.78 is 40.6. The average Bonchev–Trinajstić information content (AvgIpc) is 3.06. The first-order valence-electron chi connectivity index (χ1n) is 15.7. The highest BCUT2D eigenvalue weighted by Gasteiger charge is 2.32. The van der Waals surface area contributed by atoms with Gasteiger partial charge in [0.25, 0.3) is 11.8 Å². The summed E-state index contributed by atoms with van der Waals surface area (Å²) in [6.07, 6.45) is 1.53. The van der Waals surface area contributed by atoms with Crippen LogP contribution in [0.3, 0.4) is 0 Å². The van der Waals surface area contributed by atoms with Crippen LogP contribution in [0.2, 0.25) is 0 Å². The predicted octanol–water partition coefficient (Wildman–Crippen LogP) is 5.06. The molecule has 3 aromatic rings. The number of carbonyl (C=O) groups is 2. The highest BCUT2D eigenvalue weighted by atomic mass is 32.2. The van der Waals surface area contributed by atoms with Crippen molar-refractivity contribution < 1.29 is 32.6 Å². The normalized spacial score (nSPS) is 20.7. The van der Waals surface area contributed by atoms with Gasteiger partial charge in [-0.1, -0.05) is 43.3 Å². The van der Waals surface area contributed by atoms with Gasteiger partial charge in [0.05, 0.1) is 35.3 Å². The Bertz CT molecular complexity index is 1550.